The van der Waals surface area contributed by atoms with Gasteiger partial charge in [-0.3, -0.25) is 19.5 Å². The van der Waals surface area contributed by atoms with Crippen molar-refractivity contribution in [2.24, 2.45) is 10.2 Å². The van der Waals surface area contributed by atoms with Gasteiger partial charge in [-0.25, -0.2) is 0 Å². The topological polar surface area (TPSA) is 116 Å². The number of phenols is 1. The standard InChI is InChI=1S/C26H20N4O4S/c1-14-7-9-17(11-15(14)2)30-20-6-4-3-5-18(20)23(25(30)33)29-28-19-10-8-16(12-21(19)31)13-22-24(32)27-26(34)35-22/h3-13,31,33H,1-2H3,(H,27,32,34)/b22-13+,29-28?. The summed E-state index contributed by atoms with van der Waals surface area (Å²) >= 11 is 0.799. The number of benzene rings is 3. The van der Waals surface area contributed by atoms with Gasteiger partial charge in [0.05, 0.1) is 10.4 Å². The monoisotopic (exact) mass is 484 g/mol. The van der Waals surface area contributed by atoms with Gasteiger partial charge < -0.3 is 10.2 Å². The van der Waals surface area contributed by atoms with Crippen LogP contribution in [0.4, 0.5) is 16.2 Å². The molecule has 2 amide bonds. The third-order valence-corrected chi connectivity index (χ3v) is 6.58. The van der Waals surface area contributed by atoms with E-state index >= 15 is 0 Å². The Morgan fingerprint density at radius 1 is 0.943 bits per heavy atom. The Hall–Kier alpha value is -4.37. The number of phenolic OH excluding ortho intramolecular Hbond substituents is 1. The molecule has 1 saturated heterocycles. The second-order valence-corrected chi connectivity index (χ2v) is 9.11. The van der Waals surface area contributed by atoms with Gasteiger partial charge in [0.2, 0.25) is 5.88 Å². The van der Waals surface area contributed by atoms with Crippen LogP contribution in [0.25, 0.3) is 22.7 Å². The summed E-state index contributed by atoms with van der Waals surface area (Å²) in [7, 11) is 0. The van der Waals surface area contributed by atoms with Crippen LogP contribution in [0.15, 0.2) is 75.8 Å². The van der Waals surface area contributed by atoms with E-state index in [4.69, 9.17) is 0 Å². The molecule has 0 atom stereocenters. The van der Waals surface area contributed by atoms with Gasteiger partial charge in [-0.1, -0.05) is 30.3 Å². The number of nitrogens with zero attached hydrogens (tertiary/aromatic N) is 3. The third-order valence-electron chi connectivity index (χ3n) is 5.77. The first-order chi connectivity index (χ1) is 16.8. The number of hydrogen-bond acceptors (Lipinski definition) is 7. The molecule has 1 aliphatic rings. The molecule has 1 aliphatic heterocycles. The molecule has 8 nitrogen and oxygen atoms in total. The van der Waals surface area contributed by atoms with Gasteiger partial charge in [0.25, 0.3) is 11.1 Å². The van der Waals surface area contributed by atoms with Crippen LogP contribution in [-0.4, -0.2) is 25.9 Å². The molecule has 0 bridgehead atoms. The smallest absolute Gasteiger partial charge is 0.290 e. The summed E-state index contributed by atoms with van der Waals surface area (Å²) in [6.45, 7) is 4.04. The van der Waals surface area contributed by atoms with Gasteiger partial charge in [-0.05, 0) is 78.7 Å². The number of aryl methyl sites for hydroxylation is 2. The Kier molecular flexibility index (Phi) is 5.62. The minimum absolute atomic E-state index is 0.0621. The first-order valence-electron chi connectivity index (χ1n) is 10.7. The highest BCUT2D eigenvalue weighted by molar-refractivity contribution is 8.18. The number of amides is 2. The molecule has 4 aromatic rings. The highest BCUT2D eigenvalue weighted by atomic mass is 32.2. The van der Waals surface area contributed by atoms with Crippen molar-refractivity contribution >= 4 is 51.3 Å². The molecule has 2 heterocycles. The van der Waals surface area contributed by atoms with Crippen molar-refractivity contribution < 1.29 is 19.8 Å². The fourth-order valence-corrected chi connectivity index (χ4v) is 4.51. The van der Waals surface area contributed by atoms with Gasteiger partial charge in [0.1, 0.15) is 11.4 Å². The number of para-hydroxylation sites is 1. The molecule has 0 radical (unpaired) electrons. The largest absolute Gasteiger partial charge is 0.506 e. The second kappa shape index (κ2) is 8.77. The predicted molar refractivity (Wildman–Crippen MR) is 136 cm³/mol. The van der Waals surface area contributed by atoms with Gasteiger partial charge in [-0.2, -0.15) is 0 Å². The van der Waals surface area contributed by atoms with Crippen LogP contribution in [-0.2, 0) is 4.79 Å². The van der Waals surface area contributed by atoms with Crippen LogP contribution in [0.2, 0.25) is 0 Å². The number of imide groups is 1. The number of fused-ring (bicyclic) bond motifs is 1. The minimum Gasteiger partial charge on any atom is -0.506 e. The van der Waals surface area contributed by atoms with Crippen molar-refractivity contribution in [3.8, 4) is 17.3 Å². The van der Waals surface area contributed by atoms with Crippen LogP contribution in [0, 0.1) is 13.8 Å². The lowest BCUT2D eigenvalue weighted by atomic mass is 10.1. The molecular formula is C26H20N4O4S. The van der Waals surface area contributed by atoms with Crippen LogP contribution in [0.3, 0.4) is 0 Å². The number of hydrogen-bond donors (Lipinski definition) is 3. The van der Waals surface area contributed by atoms with E-state index < -0.39 is 11.1 Å². The van der Waals surface area contributed by atoms with E-state index in [9.17, 15) is 19.8 Å². The maximum absolute atomic E-state index is 11.7. The minimum atomic E-state index is -0.473. The fourth-order valence-electron chi connectivity index (χ4n) is 3.83. The molecule has 5 rings (SSSR count). The van der Waals surface area contributed by atoms with Crippen molar-refractivity contribution in [3.63, 3.8) is 0 Å². The second-order valence-electron chi connectivity index (χ2n) is 8.09. The number of carbonyl (C=O) groups is 2. The Bertz CT molecular complexity index is 1590. The van der Waals surface area contributed by atoms with E-state index in [-0.39, 0.29) is 27.9 Å². The molecule has 35 heavy (non-hydrogen) atoms. The lowest BCUT2D eigenvalue weighted by Gasteiger charge is -2.09. The van der Waals surface area contributed by atoms with Crippen LogP contribution >= 0.6 is 11.8 Å². The van der Waals surface area contributed by atoms with Crippen LogP contribution in [0.5, 0.6) is 11.6 Å². The summed E-state index contributed by atoms with van der Waals surface area (Å²) in [6, 6.07) is 18.0. The maximum Gasteiger partial charge on any atom is 0.290 e. The number of aromatic hydroxyl groups is 2. The number of aromatic nitrogens is 1. The zero-order valence-electron chi connectivity index (χ0n) is 18.8. The average Bonchev–Trinajstić information content (AvgIpc) is 3.29. The van der Waals surface area contributed by atoms with E-state index in [1.165, 1.54) is 12.1 Å². The van der Waals surface area contributed by atoms with Crippen molar-refractivity contribution in [3.05, 3.63) is 82.3 Å². The Balaban J connectivity index is 1.52. The molecular weight excluding hydrogens is 464 g/mol. The first-order valence-corrected chi connectivity index (χ1v) is 11.5. The molecule has 3 N–H and O–H groups in total. The molecule has 1 aromatic heterocycles. The van der Waals surface area contributed by atoms with Crippen LogP contribution in [0.1, 0.15) is 16.7 Å². The molecule has 174 valence electrons. The van der Waals surface area contributed by atoms with Crippen LogP contribution < -0.4 is 5.32 Å². The first kappa shape index (κ1) is 22.4. The van der Waals surface area contributed by atoms with E-state index in [0.717, 1.165) is 34.1 Å². The molecule has 0 aliphatic carbocycles. The summed E-state index contributed by atoms with van der Waals surface area (Å²) in [5.41, 5.74) is 4.82. The molecule has 9 heteroatoms. The van der Waals surface area contributed by atoms with Crippen molar-refractivity contribution in [2.75, 3.05) is 0 Å². The SMILES string of the molecule is Cc1ccc(-n2c(O)c(N=Nc3ccc(/C=C4/SC(=O)NC4=O)cc3O)c3ccccc32)cc1C. The van der Waals surface area contributed by atoms with Gasteiger partial charge in [0.15, 0.2) is 5.69 Å². The number of azo groups is 1. The average molecular weight is 485 g/mol. The van der Waals surface area contributed by atoms with Gasteiger partial charge >= 0.3 is 0 Å². The molecule has 0 unspecified atom stereocenters. The lowest BCUT2D eigenvalue weighted by Crippen LogP contribution is -2.17. The lowest BCUT2D eigenvalue weighted by molar-refractivity contribution is -0.115. The molecule has 0 spiro atoms. The number of carbonyl (C=O) groups excluding carboxylic acids is 2. The molecule has 3 aromatic carbocycles. The Morgan fingerprint density at radius 3 is 2.46 bits per heavy atom. The van der Waals surface area contributed by atoms with E-state index in [2.05, 4.69) is 15.5 Å². The molecule has 0 saturated carbocycles. The van der Waals surface area contributed by atoms with E-state index in [0.29, 0.717) is 10.9 Å². The summed E-state index contributed by atoms with van der Waals surface area (Å²) in [6.07, 6.45) is 1.51. The number of thioether (sulfide) groups is 1. The van der Waals surface area contributed by atoms with E-state index in [1.54, 1.807) is 16.7 Å². The van der Waals surface area contributed by atoms with Crippen molar-refractivity contribution in [1.29, 1.82) is 0 Å². The summed E-state index contributed by atoms with van der Waals surface area (Å²) in [4.78, 5) is 23.3. The normalized spacial score (nSPS) is 15.0. The Labute approximate surface area is 204 Å². The third kappa shape index (κ3) is 4.17. The van der Waals surface area contributed by atoms with Crippen molar-refractivity contribution in [2.45, 2.75) is 13.8 Å². The van der Waals surface area contributed by atoms with Crippen molar-refractivity contribution in [1.82, 2.24) is 9.88 Å². The highest BCUT2D eigenvalue weighted by Crippen LogP contribution is 2.42. The summed E-state index contributed by atoms with van der Waals surface area (Å²) in [5.74, 6) is -0.693. The highest BCUT2D eigenvalue weighted by Gasteiger charge is 2.25. The summed E-state index contributed by atoms with van der Waals surface area (Å²) in [5, 5.41) is 32.5. The van der Waals surface area contributed by atoms with Gasteiger partial charge in [-0.15, -0.1) is 10.2 Å². The van der Waals surface area contributed by atoms with E-state index in [1.807, 2.05) is 56.3 Å². The molecule has 1 fully saturated rings. The zero-order chi connectivity index (χ0) is 24.7. The maximum atomic E-state index is 11.7. The summed E-state index contributed by atoms with van der Waals surface area (Å²) < 4.78 is 1.72. The number of rotatable bonds is 4. The quantitative estimate of drug-likeness (QED) is 0.229. The fraction of sp³-hybridized carbons (Fsp3) is 0.0769. The zero-order valence-corrected chi connectivity index (χ0v) is 19.6. The van der Waals surface area contributed by atoms with Gasteiger partial charge in [0, 0.05) is 11.1 Å². The number of nitrogens with one attached hydrogen (secondary N) is 1. The Morgan fingerprint density at radius 2 is 1.74 bits per heavy atom. The predicted octanol–water partition coefficient (Wildman–Crippen LogP) is 6.40.